The van der Waals surface area contributed by atoms with Gasteiger partial charge in [-0.1, -0.05) is 6.42 Å². The highest BCUT2D eigenvalue weighted by molar-refractivity contribution is 4.89. The van der Waals surface area contributed by atoms with Crippen LogP contribution in [0.15, 0.2) is 0 Å². The zero-order chi connectivity index (χ0) is 10.4. The molecule has 1 unspecified atom stereocenters. The van der Waals surface area contributed by atoms with Gasteiger partial charge in [0.05, 0.1) is 0 Å². The highest BCUT2D eigenvalue weighted by Crippen LogP contribution is 2.39. The number of rotatable bonds is 4. The number of hydrogen-bond acceptors (Lipinski definition) is 2. The van der Waals surface area contributed by atoms with Crippen LogP contribution in [0.2, 0.25) is 0 Å². The van der Waals surface area contributed by atoms with Crippen molar-refractivity contribution in [1.82, 2.24) is 0 Å². The lowest BCUT2D eigenvalue weighted by atomic mass is 9.80. The van der Waals surface area contributed by atoms with Gasteiger partial charge in [0.2, 0.25) is 0 Å². The van der Waals surface area contributed by atoms with E-state index in [1.807, 2.05) is 0 Å². The fourth-order valence-electron chi connectivity index (χ4n) is 2.43. The first-order valence-electron chi connectivity index (χ1n) is 5.33. The van der Waals surface area contributed by atoms with E-state index in [0.29, 0.717) is 5.92 Å². The molecule has 0 heterocycles. The highest BCUT2D eigenvalue weighted by atomic mass is 16.7. The SMILES string of the molecule is C#CCCC1CCCCC1(OC)OC. The minimum Gasteiger partial charge on any atom is -0.353 e. The van der Waals surface area contributed by atoms with Gasteiger partial charge in [-0.25, -0.2) is 0 Å². The van der Waals surface area contributed by atoms with Crippen LogP contribution < -0.4 is 0 Å². The molecule has 0 aromatic heterocycles. The Morgan fingerprint density at radius 3 is 2.64 bits per heavy atom. The number of terminal acetylenes is 1. The standard InChI is InChI=1S/C12H20O2/c1-4-5-8-11-9-6-7-10-12(11,13-2)14-3/h1,11H,5-10H2,2-3H3. The third kappa shape index (κ3) is 2.29. The van der Waals surface area contributed by atoms with Crippen LogP contribution in [0.25, 0.3) is 0 Å². The van der Waals surface area contributed by atoms with Crippen molar-refractivity contribution in [3.8, 4) is 12.3 Å². The summed E-state index contributed by atoms with van der Waals surface area (Å²) in [7, 11) is 3.47. The maximum absolute atomic E-state index is 5.55. The molecule has 1 saturated carbocycles. The lowest BCUT2D eigenvalue weighted by molar-refractivity contribution is -0.255. The van der Waals surface area contributed by atoms with Gasteiger partial charge in [0.1, 0.15) is 0 Å². The molecule has 2 heteroatoms. The van der Waals surface area contributed by atoms with Gasteiger partial charge in [-0.15, -0.1) is 12.3 Å². The fourth-order valence-corrected chi connectivity index (χ4v) is 2.43. The summed E-state index contributed by atoms with van der Waals surface area (Å²) in [5, 5.41) is 0. The fraction of sp³-hybridized carbons (Fsp3) is 0.833. The smallest absolute Gasteiger partial charge is 0.170 e. The van der Waals surface area contributed by atoms with Crippen molar-refractivity contribution in [2.45, 2.75) is 44.3 Å². The Kier molecular flexibility index (Phi) is 4.44. The average Bonchev–Trinajstić information content (AvgIpc) is 2.26. The predicted molar refractivity (Wildman–Crippen MR) is 56.8 cm³/mol. The first kappa shape index (κ1) is 11.6. The van der Waals surface area contributed by atoms with E-state index in [0.717, 1.165) is 19.3 Å². The third-order valence-corrected chi connectivity index (χ3v) is 3.28. The summed E-state index contributed by atoms with van der Waals surface area (Å²) in [6.07, 6.45) is 11.7. The maximum atomic E-state index is 5.55. The molecule has 0 saturated heterocycles. The molecule has 1 fully saturated rings. The molecular formula is C12H20O2. The van der Waals surface area contributed by atoms with E-state index in [9.17, 15) is 0 Å². The summed E-state index contributed by atoms with van der Waals surface area (Å²) in [5.41, 5.74) is 0. The Hall–Kier alpha value is -0.520. The minimum atomic E-state index is -0.366. The van der Waals surface area contributed by atoms with Gasteiger partial charge in [0, 0.05) is 33.0 Å². The summed E-state index contributed by atoms with van der Waals surface area (Å²) >= 11 is 0. The number of hydrogen-bond donors (Lipinski definition) is 0. The normalized spacial score (nSPS) is 25.6. The van der Waals surface area contributed by atoms with E-state index in [-0.39, 0.29) is 5.79 Å². The Bertz CT molecular complexity index is 201. The summed E-state index contributed by atoms with van der Waals surface area (Å²) < 4.78 is 11.1. The largest absolute Gasteiger partial charge is 0.353 e. The molecule has 1 rings (SSSR count). The molecule has 2 nitrogen and oxygen atoms in total. The topological polar surface area (TPSA) is 18.5 Å². The molecule has 0 N–H and O–H groups in total. The van der Waals surface area contributed by atoms with Crippen LogP contribution >= 0.6 is 0 Å². The summed E-state index contributed by atoms with van der Waals surface area (Å²) in [4.78, 5) is 0. The minimum absolute atomic E-state index is 0.366. The van der Waals surface area contributed by atoms with Crippen molar-refractivity contribution in [3.63, 3.8) is 0 Å². The molecule has 1 aliphatic rings. The number of methoxy groups -OCH3 is 2. The molecule has 0 radical (unpaired) electrons. The van der Waals surface area contributed by atoms with Crippen LogP contribution in [-0.2, 0) is 9.47 Å². The number of ether oxygens (including phenoxy) is 2. The zero-order valence-corrected chi connectivity index (χ0v) is 9.21. The summed E-state index contributed by atoms with van der Waals surface area (Å²) in [6.45, 7) is 0. The van der Waals surface area contributed by atoms with Crippen LogP contribution in [-0.4, -0.2) is 20.0 Å². The molecule has 0 amide bonds. The van der Waals surface area contributed by atoms with Crippen molar-refractivity contribution in [1.29, 1.82) is 0 Å². The van der Waals surface area contributed by atoms with Crippen molar-refractivity contribution in [2.24, 2.45) is 5.92 Å². The van der Waals surface area contributed by atoms with Gasteiger partial charge in [-0.2, -0.15) is 0 Å². The monoisotopic (exact) mass is 196 g/mol. The van der Waals surface area contributed by atoms with Crippen molar-refractivity contribution in [2.75, 3.05) is 14.2 Å². The molecule has 1 atom stereocenters. The average molecular weight is 196 g/mol. The Morgan fingerprint density at radius 2 is 2.07 bits per heavy atom. The predicted octanol–water partition coefficient (Wildman–Crippen LogP) is 2.58. The van der Waals surface area contributed by atoms with Gasteiger partial charge in [0.15, 0.2) is 5.79 Å². The van der Waals surface area contributed by atoms with Gasteiger partial charge < -0.3 is 9.47 Å². The molecule has 0 bridgehead atoms. The van der Waals surface area contributed by atoms with Gasteiger partial charge in [-0.3, -0.25) is 0 Å². The lowest BCUT2D eigenvalue weighted by Crippen LogP contribution is -2.44. The quantitative estimate of drug-likeness (QED) is 0.508. The Labute approximate surface area is 87.0 Å². The van der Waals surface area contributed by atoms with Gasteiger partial charge >= 0.3 is 0 Å². The molecule has 0 aromatic carbocycles. The van der Waals surface area contributed by atoms with E-state index in [4.69, 9.17) is 15.9 Å². The summed E-state index contributed by atoms with van der Waals surface area (Å²) in [5.74, 6) is 2.78. The van der Waals surface area contributed by atoms with Crippen LogP contribution in [0, 0.1) is 18.3 Å². The third-order valence-electron chi connectivity index (χ3n) is 3.28. The second-order valence-electron chi connectivity index (χ2n) is 3.91. The molecule has 0 spiro atoms. The van der Waals surface area contributed by atoms with Crippen LogP contribution in [0.1, 0.15) is 38.5 Å². The molecule has 0 aliphatic heterocycles. The molecular weight excluding hydrogens is 176 g/mol. The second-order valence-corrected chi connectivity index (χ2v) is 3.91. The van der Waals surface area contributed by atoms with Crippen molar-refractivity contribution < 1.29 is 9.47 Å². The Balaban J connectivity index is 2.62. The second kappa shape index (κ2) is 5.38. The molecule has 14 heavy (non-hydrogen) atoms. The van der Waals surface area contributed by atoms with Crippen molar-refractivity contribution in [3.05, 3.63) is 0 Å². The van der Waals surface area contributed by atoms with Crippen molar-refractivity contribution >= 4 is 0 Å². The van der Waals surface area contributed by atoms with E-state index in [1.54, 1.807) is 14.2 Å². The Morgan fingerprint density at radius 1 is 1.36 bits per heavy atom. The van der Waals surface area contributed by atoms with Gasteiger partial charge in [0.25, 0.3) is 0 Å². The highest BCUT2D eigenvalue weighted by Gasteiger charge is 2.40. The molecule has 80 valence electrons. The van der Waals surface area contributed by atoms with Crippen LogP contribution in [0.4, 0.5) is 0 Å². The van der Waals surface area contributed by atoms with Crippen LogP contribution in [0.5, 0.6) is 0 Å². The van der Waals surface area contributed by atoms with Crippen LogP contribution in [0.3, 0.4) is 0 Å². The van der Waals surface area contributed by atoms with Gasteiger partial charge in [-0.05, 0) is 19.3 Å². The maximum Gasteiger partial charge on any atom is 0.170 e. The zero-order valence-electron chi connectivity index (χ0n) is 9.21. The van der Waals surface area contributed by atoms with E-state index >= 15 is 0 Å². The molecule has 0 aromatic rings. The lowest BCUT2D eigenvalue weighted by Gasteiger charge is -2.41. The molecule has 1 aliphatic carbocycles. The first-order chi connectivity index (χ1) is 6.79. The van der Waals surface area contributed by atoms with E-state index < -0.39 is 0 Å². The van der Waals surface area contributed by atoms with E-state index in [2.05, 4.69) is 5.92 Å². The van der Waals surface area contributed by atoms with E-state index in [1.165, 1.54) is 19.3 Å². The first-order valence-corrected chi connectivity index (χ1v) is 5.33. The summed E-state index contributed by atoms with van der Waals surface area (Å²) in [6, 6.07) is 0.